The van der Waals surface area contributed by atoms with Crippen molar-refractivity contribution in [1.82, 2.24) is 59.8 Å². The predicted molar refractivity (Wildman–Crippen MR) is 591 cm³/mol. The molecule has 0 fully saturated rings. The molecule has 0 saturated heterocycles. The van der Waals surface area contributed by atoms with E-state index < -0.39 is 0 Å². The first-order valence-electron chi connectivity index (χ1n) is 47.7. The quantitative estimate of drug-likeness (QED) is 0.0878. The highest BCUT2D eigenvalue weighted by Crippen LogP contribution is 2.43. The molecule has 24 bridgehead atoms. The fourth-order valence-corrected chi connectivity index (χ4v) is 20.1. The van der Waals surface area contributed by atoms with Crippen LogP contribution in [0.4, 0.5) is 0 Å². The van der Waals surface area contributed by atoms with Gasteiger partial charge in [0.15, 0.2) is 0 Å². The summed E-state index contributed by atoms with van der Waals surface area (Å²) in [4.78, 5) is 61.3. The van der Waals surface area contributed by atoms with E-state index in [1.54, 1.807) is 12.4 Å². The van der Waals surface area contributed by atoms with Crippen molar-refractivity contribution in [2.45, 2.75) is 69.2 Å². The molecule has 0 radical (unpaired) electrons. The van der Waals surface area contributed by atoms with Gasteiger partial charge in [0.1, 0.15) is 34.5 Å². The molecule has 25 rings (SSSR count). The van der Waals surface area contributed by atoms with Crippen molar-refractivity contribution in [2.75, 3.05) is 0 Å². The molecule has 0 atom stereocenters. The van der Waals surface area contributed by atoms with E-state index in [1.165, 1.54) is 0 Å². The number of hydrogen-bond donors (Lipinski definition) is 6. The molecule has 6 N–H and O–H groups in total. The third kappa shape index (κ3) is 16.2. The number of benzene rings is 16. The van der Waals surface area contributed by atoms with Crippen molar-refractivity contribution < 1.29 is 30.6 Å². The second-order valence-electron chi connectivity index (χ2n) is 37.4. The Hall–Kier alpha value is -18.7. The molecule has 0 aliphatic rings. The molecule has 18 heteroatoms. The monoisotopic (exact) mass is 1870 g/mol. The highest BCUT2D eigenvalue weighted by molar-refractivity contribution is 6.23. The summed E-state index contributed by atoms with van der Waals surface area (Å²) in [7, 11) is 0. The number of nitrogens with zero attached hydrogens (tertiary/aromatic N) is 12. The van der Waals surface area contributed by atoms with Crippen LogP contribution in [0, 0.1) is 69.2 Å². The van der Waals surface area contributed by atoms with Crippen LogP contribution in [0.25, 0.3) is 240 Å². The molecule has 692 valence electrons. The summed E-state index contributed by atoms with van der Waals surface area (Å²) in [5.74, 6) is 0.621. The van der Waals surface area contributed by atoms with Crippen LogP contribution < -0.4 is 0 Å². The molecule has 9 aromatic heterocycles. The Morgan fingerprint density at radius 2 is 0.375 bits per heavy atom. The average Bonchev–Trinajstić information content (AvgIpc) is 0.749. The molecule has 25 aromatic rings. The maximum absolute atomic E-state index is 11.9. The third-order valence-corrected chi connectivity index (χ3v) is 27.2. The van der Waals surface area contributed by atoms with Gasteiger partial charge in [0, 0.05) is 154 Å². The molecule has 0 amide bonds. The predicted octanol–water partition coefficient (Wildman–Crippen LogP) is 30.6. The van der Waals surface area contributed by atoms with Gasteiger partial charge in [0.25, 0.3) is 0 Å². The van der Waals surface area contributed by atoms with Gasteiger partial charge >= 0.3 is 0 Å². The van der Waals surface area contributed by atoms with E-state index in [0.29, 0.717) is 176 Å². The summed E-state index contributed by atoms with van der Waals surface area (Å²) in [6, 6.07) is 107. The second kappa shape index (κ2) is 36.0. The van der Waals surface area contributed by atoms with Crippen LogP contribution in [-0.2, 0) is 0 Å². The third-order valence-electron chi connectivity index (χ3n) is 27.2. The van der Waals surface area contributed by atoms with Gasteiger partial charge in [0.05, 0.1) is 99.7 Å². The number of aromatic hydroxyl groups is 6. The number of rotatable bonds is 2. The molecule has 18 nitrogen and oxygen atoms in total. The lowest BCUT2D eigenvalue weighted by Gasteiger charge is -2.10. The SMILES string of the molecule is Cc1cc2c(C)nc3c4ccccc4c4ccccc4c3nc(C)c3cc(C)cc(c3O)c3ccc4ccc5ccc(nc5c4n3)c(c1)c2O.Cc1cc2c(C)nc3cc4ccccc4cc3nc(C)c3cc(C)cc(c3O)c3ccc4ccc5ccc(nc5c4n3)c(c1)c2O.Cc1cc2cnc(-c3ccccc3)c(-c3ccccc3)ncc3cc(C)cc(c3O)c3ccc4ccc5ccc(nc5c4n3)c(c1)c2O. The van der Waals surface area contributed by atoms with E-state index in [1.807, 2.05) is 373 Å². The molecule has 0 unspecified atom stereocenters. The van der Waals surface area contributed by atoms with Crippen LogP contribution in [0.2, 0.25) is 0 Å². The standard InChI is InChI=1S/C44H32N4O2.C42H30N4O2.C40H30N4O2/c1-23-19-33-25(3)45-41-31-11-7-5-9-29(31)30-10-6-8-12-32(30)42(41)46-26(4)34-20-24(2)22-36(44(34)50)38-18-16-28-14-13-27-15-17-37(35(21-23)43(33)49)47-39(27)40(28)48-38;1-25-19-31-23-43-37(27-9-5-3-6-10-27)38(28-11-7-4-8-12-28)44-24-32-20-26(2)22-34(42(32)48)36-18-16-30-14-13-29-15-17-35(33(21-25)41(31)47)45-39(29)40(30)46-36;1-21-15-29-23(3)41-35-19-27-7-5-6-8-28(27)20-36(35)42-24(4)30-16-22(2)18-32(40(30)46)34-14-12-26-10-9-25-11-13-33(31(17-21)39(29)45)43-37(25)38(26)44-34/h5-22,49-50H,1-4H3;3-24,47-48H,1-2H3;5-20,45-46H,1-4H3. The van der Waals surface area contributed by atoms with Gasteiger partial charge in [-0.2, -0.15) is 0 Å². The number of aromatic nitrogens is 12. The normalized spacial score (nSPS) is 11.6. The van der Waals surface area contributed by atoms with E-state index in [9.17, 15) is 30.6 Å². The molecule has 16 aromatic carbocycles. The van der Waals surface area contributed by atoms with Crippen LogP contribution in [0.3, 0.4) is 0 Å². The Bertz CT molecular complexity index is 9710. The molecule has 9 heterocycles. The molecule has 0 spiro atoms. The Morgan fingerprint density at radius 1 is 0.153 bits per heavy atom. The minimum atomic E-state index is 0.0822. The van der Waals surface area contributed by atoms with Crippen molar-refractivity contribution >= 4 is 218 Å². The number of hydrogen-bond acceptors (Lipinski definition) is 18. The lowest BCUT2D eigenvalue weighted by molar-refractivity contribution is 0.486. The van der Waals surface area contributed by atoms with E-state index >= 15 is 0 Å². The Labute approximate surface area is 825 Å². The summed E-state index contributed by atoms with van der Waals surface area (Å²) < 4.78 is 0. The van der Waals surface area contributed by atoms with Crippen molar-refractivity contribution in [1.29, 1.82) is 0 Å². The minimum absolute atomic E-state index is 0.0822. The molecule has 0 aliphatic heterocycles. The Morgan fingerprint density at radius 3 is 0.653 bits per heavy atom. The van der Waals surface area contributed by atoms with Gasteiger partial charge in [-0.15, -0.1) is 0 Å². The van der Waals surface area contributed by atoms with E-state index in [0.717, 1.165) is 120 Å². The van der Waals surface area contributed by atoms with Crippen LogP contribution in [-0.4, -0.2) is 90.4 Å². The van der Waals surface area contributed by atoms with Crippen LogP contribution in [0.1, 0.15) is 56.2 Å². The van der Waals surface area contributed by atoms with E-state index in [2.05, 4.69) is 24.3 Å². The van der Waals surface area contributed by atoms with Crippen molar-refractivity contribution in [3.05, 3.63) is 396 Å². The number of fused-ring (bicyclic) bond motifs is 32. The first-order valence-corrected chi connectivity index (χ1v) is 47.7. The smallest absolute Gasteiger partial charge is 0.134 e. The van der Waals surface area contributed by atoms with Gasteiger partial charge in [0.2, 0.25) is 0 Å². The number of phenols is 6. The zero-order valence-electron chi connectivity index (χ0n) is 80.4. The Balaban J connectivity index is 0.000000120. The first-order chi connectivity index (χ1) is 69.9. The van der Waals surface area contributed by atoms with Crippen molar-refractivity contribution in [3.8, 4) is 57.0 Å². The molecule has 0 aliphatic carbocycles. The largest absolute Gasteiger partial charge is 0.507 e. The second-order valence-corrected chi connectivity index (χ2v) is 37.4. The number of phenolic OH excluding ortho intramolecular Hbond substituents is 6. The van der Waals surface area contributed by atoms with Crippen LogP contribution in [0.15, 0.2) is 340 Å². The van der Waals surface area contributed by atoms with Gasteiger partial charge in [-0.3, -0.25) is 29.9 Å². The molecular formula is C126H92N12O6. The summed E-state index contributed by atoms with van der Waals surface area (Å²) in [5, 5.41) is 89.6. The molecule has 144 heavy (non-hydrogen) atoms. The van der Waals surface area contributed by atoms with Crippen LogP contribution in [0.5, 0.6) is 34.5 Å². The number of pyridine rings is 6. The fraction of sp³-hybridized carbons (Fsp3) is 0.0794. The zero-order valence-corrected chi connectivity index (χ0v) is 80.4. The topological polar surface area (TPSA) is 276 Å². The maximum atomic E-state index is 11.9. The summed E-state index contributed by atoms with van der Waals surface area (Å²) in [6.07, 6.45) is 3.37. The van der Waals surface area contributed by atoms with Gasteiger partial charge in [-0.1, -0.05) is 206 Å². The van der Waals surface area contributed by atoms with Crippen molar-refractivity contribution in [3.63, 3.8) is 0 Å². The number of aryl methyl sites for hydroxylation is 10. The lowest BCUT2D eigenvalue weighted by atomic mass is 9.99. The average molecular weight is 1870 g/mol. The summed E-state index contributed by atoms with van der Waals surface area (Å²) in [6.45, 7) is 19.7. The van der Waals surface area contributed by atoms with Gasteiger partial charge < -0.3 is 30.6 Å². The molecular weight excluding hydrogens is 1780 g/mol. The highest BCUT2D eigenvalue weighted by Gasteiger charge is 2.21. The van der Waals surface area contributed by atoms with Crippen LogP contribution >= 0.6 is 0 Å². The summed E-state index contributed by atoms with van der Waals surface area (Å²) >= 11 is 0. The fourth-order valence-electron chi connectivity index (χ4n) is 20.1. The van der Waals surface area contributed by atoms with E-state index in [-0.39, 0.29) is 34.5 Å². The van der Waals surface area contributed by atoms with E-state index in [4.69, 9.17) is 59.8 Å². The first kappa shape index (κ1) is 89.2. The minimum Gasteiger partial charge on any atom is -0.507 e. The summed E-state index contributed by atoms with van der Waals surface area (Å²) in [5.41, 5.74) is 22.0. The zero-order chi connectivity index (χ0) is 98.7. The van der Waals surface area contributed by atoms with Gasteiger partial charge in [-0.05, 0) is 245 Å². The van der Waals surface area contributed by atoms with Gasteiger partial charge in [-0.25, -0.2) is 29.9 Å². The highest BCUT2D eigenvalue weighted by atomic mass is 16.3. The molecule has 0 saturated carbocycles. The lowest BCUT2D eigenvalue weighted by Crippen LogP contribution is -1.91. The Kier molecular flexibility index (Phi) is 22.3. The van der Waals surface area contributed by atoms with Crippen molar-refractivity contribution in [2.24, 2.45) is 0 Å². The maximum Gasteiger partial charge on any atom is 0.134 e.